The highest BCUT2D eigenvalue weighted by atomic mass is 35.5. The van der Waals surface area contributed by atoms with Gasteiger partial charge in [-0.15, -0.1) is 5.10 Å². The van der Waals surface area contributed by atoms with Gasteiger partial charge in [0, 0.05) is 35.3 Å². The summed E-state index contributed by atoms with van der Waals surface area (Å²) in [6, 6.07) is 12.1. The molecule has 4 aromatic heterocycles. The summed E-state index contributed by atoms with van der Waals surface area (Å²) in [6.07, 6.45) is 7.16. The molecule has 5 aromatic rings. The Kier molecular flexibility index (Phi) is 4.63. The maximum absolute atomic E-state index is 13.2. The number of aromatic nitrogens is 6. The van der Waals surface area contributed by atoms with Gasteiger partial charge in [-0.25, -0.2) is 13.9 Å². The van der Waals surface area contributed by atoms with Crippen molar-refractivity contribution in [3.05, 3.63) is 83.8 Å². The van der Waals surface area contributed by atoms with E-state index in [0.717, 1.165) is 27.8 Å². The number of hydrogen-bond acceptors (Lipinski definition) is 5. The fourth-order valence-corrected chi connectivity index (χ4v) is 3.68. The summed E-state index contributed by atoms with van der Waals surface area (Å²) in [4.78, 5) is 8.56. The predicted molar refractivity (Wildman–Crippen MR) is 117 cm³/mol. The zero-order valence-electron chi connectivity index (χ0n) is 16.4. The molecule has 0 saturated carbocycles. The van der Waals surface area contributed by atoms with E-state index in [-0.39, 0.29) is 17.8 Å². The second-order valence-corrected chi connectivity index (χ2v) is 7.55. The molecule has 0 saturated heterocycles. The van der Waals surface area contributed by atoms with Gasteiger partial charge in [0.2, 0.25) is 5.95 Å². The second-order valence-electron chi connectivity index (χ2n) is 7.19. The van der Waals surface area contributed by atoms with Crippen molar-refractivity contribution < 1.29 is 4.39 Å². The highest BCUT2D eigenvalue weighted by molar-refractivity contribution is 6.32. The van der Waals surface area contributed by atoms with Gasteiger partial charge in [-0.05, 0) is 48.4 Å². The number of nitrogen functional groups attached to an aromatic ring is 1. The van der Waals surface area contributed by atoms with Crippen molar-refractivity contribution in [2.24, 2.45) is 0 Å². The molecule has 0 bridgehead atoms. The smallest absolute Gasteiger partial charge is 0.240 e. The third-order valence-electron chi connectivity index (χ3n) is 5.19. The first-order valence-electron chi connectivity index (χ1n) is 9.56. The fraction of sp³-hybridized carbons (Fsp3) is 0.0909. The molecule has 1 unspecified atom stereocenters. The van der Waals surface area contributed by atoms with Gasteiger partial charge in [-0.1, -0.05) is 23.7 Å². The van der Waals surface area contributed by atoms with E-state index < -0.39 is 0 Å². The summed E-state index contributed by atoms with van der Waals surface area (Å²) >= 11 is 6.41. The fourth-order valence-electron chi connectivity index (χ4n) is 3.47. The van der Waals surface area contributed by atoms with Crippen LogP contribution in [0.15, 0.2) is 67.3 Å². The number of pyridine rings is 2. The van der Waals surface area contributed by atoms with E-state index in [1.807, 2.05) is 36.0 Å². The molecule has 4 heterocycles. The van der Waals surface area contributed by atoms with E-state index in [9.17, 15) is 4.39 Å². The van der Waals surface area contributed by atoms with E-state index in [1.54, 1.807) is 35.2 Å². The van der Waals surface area contributed by atoms with E-state index in [0.29, 0.717) is 10.8 Å². The minimum Gasteiger partial charge on any atom is -0.366 e. The van der Waals surface area contributed by atoms with Crippen LogP contribution in [-0.2, 0) is 0 Å². The molecule has 9 heteroatoms. The van der Waals surface area contributed by atoms with Crippen molar-refractivity contribution in [1.29, 1.82) is 0 Å². The van der Waals surface area contributed by atoms with Crippen molar-refractivity contribution in [2.75, 3.05) is 5.73 Å². The Morgan fingerprint density at radius 2 is 1.84 bits per heavy atom. The lowest BCUT2D eigenvalue weighted by Gasteiger charge is -2.12. The molecule has 5 rings (SSSR count). The number of rotatable bonds is 4. The lowest BCUT2D eigenvalue weighted by molar-refractivity contribution is 0.561. The van der Waals surface area contributed by atoms with Gasteiger partial charge in [-0.3, -0.25) is 4.68 Å². The number of nitrogens with zero attached hydrogens (tertiary/aromatic N) is 6. The molecule has 31 heavy (non-hydrogen) atoms. The summed E-state index contributed by atoms with van der Waals surface area (Å²) in [5, 5.41) is 8.95. The molecular weight excluding hydrogens is 417 g/mol. The first-order chi connectivity index (χ1) is 15.0. The van der Waals surface area contributed by atoms with Crippen LogP contribution in [0.3, 0.4) is 0 Å². The molecule has 1 aromatic carbocycles. The van der Waals surface area contributed by atoms with Gasteiger partial charge in [-0.2, -0.15) is 10.1 Å². The summed E-state index contributed by atoms with van der Waals surface area (Å²) < 4.78 is 16.7. The quantitative estimate of drug-likeness (QED) is 0.417. The molecule has 7 nitrogen and oxygen atoms in total. The number of hydrogen-bond donors (Lipinski definition) is 1. The van der Waals surface area contributed by atoms with Crippen molar-refractivity contribution >= 4 is 23.2 Å². The van der Waals surface area contributed by atoms with Crippen molar-refractivity contribution in [3.8, 4) is 22.3 Å². The maximum atomic E-state index is 13.2. The third-order valence-corrected chi connectivity index (χ3v) is 5.49. The van der Waals surface area contributed by atoms with Crippen LogP contribution in [0.25, 0.3) is 27.9 Å². The summed E-state index contributed by atoms with van der Waals surface area (Å²) in [5.74, 6) is -0.0476. The summed E-state index contributed by atoms with van der Waals surface area (Å²) in [6.45, 7) is 2.00. The minimum atomic E-state index is -0.265. The molecule has 0 aliphatic heterocycles. The lowest BCUT2D eigenvalue weighted by atomic mass is 10.0. The lowest BCUT2D eigenvalue weighted by Crippen LogP contribution is -2.06. The Hall–Kier alpha value is -3.78. The van der Waals surface area contributed by atoms with Gasteiger partial charge in [0.05, 0.1) is 12.2 Å². The number of anilines is 1. The molecule has 1 atom stereocenters. The Labute approximate surface area is 181 Å². The van der Waals surface area contributed by atoms with Gasteiger partial charge in [0.25, 0.3) is 0 Å². The van der Waals surface area contributed by atoms with Crippen LogP contribution >= 0.6 is 11.6 Å². The van der Waals surface area contributed by atoms with Gasteiger partial charge >= 0.3 is 0 Å². The van der Waals surface area contributed by atoms with Crippen LogP contribution in [0.1, 0.15) is 18.5 Å². The number of halogens is 2. The van der Waals surface area contributed by atoms with Crippen LogP contribution in [0.4, 0.5) is 10.3 Å². The molecule has 0 amide bonds. The van der Waals surface area contributed by atoms with E-state index >= 15 is 0 Å². The Morgan fingerprint density at radius 1 is 1.03 bits per heavy atom. The van der Waals surface area contributed by atoms with Crippen LogP contribution in [0.2, 0.25) is 5.15 Å². The number of benzene rings is 1. The third kappa shape index (κ3) is 3.62. The Morgan fingerprint density at radius 3 is 2.65 bits per heavy atom. The molecule has 0 spiro atoms. The second kappa shape index (κ2) is 7.48. The first-order valence-corrected chi connectivity index (χ1v) is 9.93. The van der Waals surface area contributed by atoms with Gasteiger partial charge in [0.1, 0.15) is 11.0 Å². The SMILES string of the molecule is CC(c1ccc(F)cc1)n1cc(-c2cc(-c3ccn4nc(N)nc4c3)cnc2Cl)cn1. The van der Waals surface area contributed by atoms with E-state index in [4.69, 9.17) is 17.3 Å². The first kappa shape index (κ1) is 19.2. The van der Waals surface area contributed by atoms with Crippen LogP contribution in [0.5, 0.6) is 0 Å². The molecule has 0 radical (unpaired) electrons. The van der Waals surface area contributed by atoms with E-state index in [2.05, 4.69) is 20.2 Å². The van der Waals surface area contributed by atoms with Crippen LogP contribution in [-0.4, -0.2) is 29.4 Å². The van der Waals surface area contributed by atoms with Crippen molar-refractivity contribution in [1.82, 2.24) is 29.4 Å². The topological polar surface area (TPSA) is 86.9 Å². The molecule has 154 valence electrons. The van der Waals surface area contributed by atoms with Crippen molar-refractivity contribution in [2.45, 2.75) is 13.0 Å². The van der Waals surface area contributed by atoms with Crippen LogP contribution < -0.4 is 5.73 Å². The highest BCUT2D eigenvalue weighted by Crippen LogP contribution is 2.32. The molecular formula is C22H17ClFN7. The maximum Gasteiger partial charge on any atom is 0.240 e. The monoisotopic (exact) mass is 433 g/mol. The highest BCUT2D eigenvalue weighted by Gasteiger charge is 2.14. The zero-order chi connectivity index (χ0) is 21.5. The van der Waals surface area contributed by atoms with Gasteiger partial charge in [0.15, 0.2) is 5.65 Å². The molecule has 0 aliphatic carbocycles. The zero-order valence-corrected chi connectivity index (χ0v) is 17.2. The average molecular weight is 434 g/mol. The van der Waals surface area contributed by atoms with Gasteiger partial charge < -0.3 is 5.73 Å². The molecule has 2 N–H and O–H groups in total. The number of nitrogens with two attached hydrogens (primary N) is 1. The van der Waals surface area contributed by atoms with Crippen molar-refractivity contribution in [3.63, 3.8) is 0 Å². The normalized spacial score (nSPS) is 12.4. The van der Waals surface area contributed by atoms with Crippen LogP contribution in [0, 0.1) is 5.82 Å². The predicted octanol–water partition coefficient (Wildman–Crippen LogP) is 4.64. The largest absolute Gasteiger partial charge is 0.366 e. The Bertz CT molecular complexity index is 1390. The number of fused-ring (bicyclic) bond motifs is 1. The molecule has 0 aliphatic rings. The summed E-state index contributed by atoms with van der Waals surface area (Å²) in [5.41, 5.74) is 10.7. The summed E-state index contributed by atoms with van der Waals surface area (Å²) in [7, 11) is 0. The van der Waals surface area contributed by atoms with E-state index in [1.165, 1.54) is 12.1 Å². The average Bonchev–Trinajstić information content (AvgIpc) is 3.39. The molecule has 0 fully saturated rings. The Balaban J connectivity index is 1.50. The minimum absolute atomic E-state index is 0.0647. The standard InChI is InChI=1S/C22H17ClFN7/c1-13(14-2-4-18(24)5-3-14)31-12-17(11-27-31)19-8-16(10-26-21(19)23)15-6-7-30-20(9-15)28-22(25)29-30/h2-13H,1H3,(H2,25,29).